The number of terminal acetylenes is 1. The molecule has 9 heteroatoms. The molecule has 0 aliphatic carbocycles. The number of esters is 1. The largest absolute Gasteiger partial charge is 0.444 e. The van der Waals surface area contributed by atoms with E-state index in [1.54, 1.807) is 50.3 Å². The summed E-state index contributed by atoms with van der Waals surface area (Å²) in [5.41, 5.74) is 0.194. The summed E-state index contributed by atoms with van der Waals surface area (Å²) in [6, 6.07) is 7.28. The van der Waals surface area contributed by atoms with Crippen LogP contribution in [0.25, 0.3) is 0 Å². The maximum atomic E-state index is 12.6. The molecule has 31 heavy (non-hydrogen) atoms. The molecule has 0 bridgehead atoms. The molecular formula is C22H29IN2O6. The first kappa shape index (κ1) is 26.7. The van der Waals surface area contributed by atoms with Crippen molar-refractivity contribution in [2.75, 3.05) is 0 Å². The second-order valence-electron chi connectivity index (χ2n) is 7.78. The number of benzene rings is 1. The number of ether oxygens (including phenoxy) is 3. The van der Waals surface area contributed by atoms with Crippen molar-refractivity contribution in [1.82, 2.24) is 10.6 Å². The maximum absolute atomic E-state index is 12.6. The summed E-state index contributed by atoms with van der Waals surface area (Å²) >= 11 is 1.78. The zero-order valence-corrected chi connectivity index (χ0v) is 20.5. The number of amides is 2. The number of nitrogens with one attached hydrogen (secondary N) is 2. The number of hydrogen-bond acceptors (Lipinski definition) is 6. The lowest BCUT2D eigenvalue weighted by Gasteiger charge is -2.26. The third-order valence-electron chi connectivity index (χ3n) is 3.85. The second kappa shape index (κ2) is 12.5. The van der Waals surface area contributed by atoms with Gasteiger partial charge in [0, 0.05) is 0 Å². The smallest absolute Gasteiger partial charge is 0.408 e. The molecular weight excluding hydrogens is 515 g/mol. The Morgan fingerprint density at radius 3 is 2.29 bits per heavy atom. The van der Waals surface area contributed by atoms with Crippen molar-refractivity contribution in [2.45, 2.75) is 69.1 Å². The van der Waals surface area contributed by atoms with E-state index in [1.165, 1.54) is 6.92 Å². The highest BCUT2D eigenvalue weighted by Crippen LogP contribution is 2.11. The number of carbonyl (C=O) groups excluding carboxylic acids is 3. The normalized spacial score (nSPS) is 14.9. The summed E-state index contributed by atoms with van der Waals surface area (Å²) in [7, 11) is 0. The minimum absolute atomic E-state index is 0.232. The lowest BCUT2D eigenvalue weighted by atomic mass is 10.1. The number of carbonyl (C=O) groups is 3. The van der Waals surface area contributed by atoms with Gasteiger partial charge in [0.05, 0.1) is 12.7 Å². The van der Waals surface area contributed by atoms with Crippen LogP contribution >= 0.6 is 22.6 Å². The molecule has 2 unspecified atom stereocenters. The molecule has 0 radical (unpaired) electrons. The van der Waals surface area contributed by atoms with E-state index in [-0.39, 0.29) is 6.61 Å². The van der Waals surface area contributed by atoms with Gasteiger partial charge in [-0.05, 0) is 62.8 Å². The topological polar surface area (TPSA) is 103 Å². The molecule has 2 amide bonds. The first-order valence-electron chi connectivity index (χ1n) is 9.69. The van der Waals surface area contributed by atoms with E-state index in [0.717, 1.165) is 5.56 Å². The Kier molecular flexibility index (Phi) is 10.8. The standard InChI is InChI=1S/C22H29IN2O6/c1-7-17(23)30-20(27)18(15(3)29-13-16-11-9-8-10-12-16)25-19(26)14(2)24-21(28)31-22(4,5)6/h1,8-12,14-15,17-18H,13H2,2-6H3,(H,24,28)(H,25,26)/t14-,15?,17?,18-/m0/s1. The van der Waals surface area contributed by atoms with Gasteiger partial charge in [0.15, 0.2) is 6.04 Å². The molecule has 0 aliphatic heterocycles. The van der Waals surface area contributed by atoms with E-state index in [1.807, 2.05) is 30.3 Å². The number of halogens is 1. The van der Waals surface area contributed by atoms with Gasteiger partial charge < -0.3 is 24.8 Å². The summed E-state index contributed by atoms with van der Waals surface area (Å²) in [6.07, 6.45) is 3.79. The molecule has 0 spiro atoms. The first-order valence-corrected chi connectivity index (χ1v) is 10.9. The average Bonchev–Trinajstić information content (AvgIpc) is 2.68. The quantitative estimate of drug-likeness (QED) is 0.215. The van der Waals surface area contributed by atoms with E-state index in [2.05, 4.69) is 16.6 Å². The molecule has 0 fully saturated rings. The molecule has 4 atom stereocenters. The van der Waals surface area contributed by atoms with Gasteiger partial charge in [-0.15, -0.1) is 6.42 Å². The average molecular weight is 544 g/mol. The Hall–Kier alpha value is -2.32. The SMILES string of the molecule is C#CC(I)OC(=O)[C@@H](NC(=O)[C@H](C)NC(=O)OC(C)(C)C)C(C)OCc1ccccc1. The minimum Gasteiger partial charge on any atom is -0.444 e. The molecule has 0 heterocycles. The fraction of sp³-hybridized carbons (Fsp3) is 0.500. The predicted octanol–water partition coefficient (Wildman–Crippen LogP) is 2.93. The van der Waals surface area contributed by atoms with Crippen molar-refractivity contribution < 1.29 is 28.6 Å². The Bertz CT molecular complexity index is 787. The van der Waals surface area contributed by atoms with E-state index in [0.29, 0.717) is 0 Å². The van der Waals surface area contributed by atoms with Gasteiger partial charge in [0.1, 0.15) is 11.6 Å². The Labute approximate surface area is 196 Å². The number of rotatable bonds is 9. The maximum Gasteiger partial charge on any atom is 0.408 e. The van der Waals surface area contributed by atoms with Crippen LogP contribution in [0, 0.1) is 12.3 Å². The fourth-order valence-corrected chi connectivity index (χ4v) is 2.55. The van der Waals surface area contributed by atoms with Gasteiger partial charge in [-0.3, -0.25) is 4.79 Å². The van der Waals surface area contributed by atoms with Crippen molar-refractivity contribution in [2.24, 2.45) is 0 Å². The van der Waals surface area contributed by atoms with Crippen LogP contribution in [0.3, 0.4) is 0 Å². The number of hydrogen-bond donors (Lipinski definition) is 2. The van der Waals surface area contributed by atoms with E-state index >= 15 is 0 Å². The van der Waals surface area contributed by atoms with Gasteiger partial charge in [-0.2, -0.15) is 0 Å². The van der Waals surface area contributed by atoms with Crippen molar-refractivity contribution >= 4 is 40.6 Å². The monoisotopic (exact) mass is 544 g/mol. The van der Waals surface area contributed by atoms with Crippen LogP contribution in [0.5, 0.6) is 0 Å². The molecule has 1 aromatic rings. The number of alkyl carbamates (subject to hydrolysis) is 1. The van der Waals surface area contributed by atoms with E-state index in [4.69, 9.17) is 20.6 Å². The van der Waals surface area contributed by atoms with Crippen LogP contribution in [0.1, 0.15) is 40.2 Å². The zero-order valence-electron chi connectivity index (χ0n) is 18.3. The second-order valence-corrected chi connectivity index (χ2v) is 8.91. The lowest BCUT2D eigenvalue weighted by Crippen LogP contribution is -2.55. The summed E-state index contributed by atoms with van der Waals surface area (Å²) in [5, 5.41) is 5.00. The highest BCUT2D eigenvalue weighted by Gasteiger charge is 2.32. The highest BCUT2D eigenvalue weighted by atomic mass is 127. The molecule has 1 rings (SSSR count). The van der Waals surface area contributed by atoms with Crippen LogP contribution in [0.15, 0.2) is 30.3 Å². The van der Waals surface area contributed by atoms with E-state index in [9.17, 15) is 14.4 Å². The molecule has 2 N–H and O–H groups in total. The van der Waals surface area contributed by atoms with Crippen LogP contribution in [-0.2, 0) is 30.4 Å². The van der Waals surface area contributed by atoms with Crippen molar-refractivity contribution in [3.05, 3.63) is 35.9 Å². The van der Waals surface area contributed by atoms with Crippen molar-refractivity contribution in [1.29, 1.82) is 0 Å². The highest BCUT2D eigenvalue weighted by molar-refractivity contribution is 14.1. The zero-order chi connectivity index (χ0) is 23.6. The van der Waals surface area contributed by atoms with Crippen LogP contribution in [0.4, 0.5) is 4.79 Å². The minimum atomic E-state index is -1.13. The first-order chi connectivity index (χ1) is 14.4. The van der Waals surface area contributed by atoms with Gasteiger partial charge >= 0.3 is 12.1 Å². The third kappa shape index (κ3) is 10.5. The molecule has 8 nitrogen and oxygen atoms in total. The molecule has 0 saturated carbocycles. The predicted molar refractivity (Wildman–Crippen MR) is 124 cm³/mol. The van der Waals surface area contributed by atoms with Gasteiger partial charge in [-0.25, -0.2) is 9.59 Å². The van der Waals surface area contributed by atoms with Crippen LogP contribution < -0.4 is 10.6 Å². The molecule has 170 valence electrons. The summed E-state index contributed by atoms with van der Waals surface area (Å²) in [4.78, 5) is 37.1. The van der Waals surface area contributed by atoms with Crippen molar-refractivity contribution in [3.8, 4) is 12.3 Å². The van der Waals surface area contributed by atoms with E-state index < -0.39 is 45.9 Å². The Morgan fingerprint density at radius 1 is 1.13 bits per heavy atom. The summed E-state index contributed by atoms with van der Waals surface area (Å²) < 4.78 is 15.3. The number of alkyl halides is 1. The van der Waals surface area contributed by atoms with Crippen LogP contribution in [-0.4, -0.2) is 45.9 Å². The summed E-state index contributed by atoms with van der Waals surface area (Å²) in [6.45, 7) is 8.47. The fourth-order valence-electron chi connectivity index (χ4n) is 2.30. The van der Waals surface area contributed by atoms with Crippen molar-refractivity contribution in [3.63, 3.8) is 0 Å². The Morgan fingerprint density at radius 2 is 1.74 bits per heavy atom. The molecule has 1 aromatic carbocycles. The molecule has 0 aromatic heterocycles. The summed E-state index contributed by atoms with van der Waals surface area (Å²) in [5.74, 6) is 0.945. The Balaban J connectivity index is 2.82. The molecule has 0 aliphatic rings. The molecule has 0 saturated heterocycles. The van der Waals surface area contributed by atoms with Gasteiger partial charge in [0.2, 0.25) is 10.0 Å². The van der Waals surface area contributed by atoms with Gasteiger partial charge in [0.25, 0.3) is 0 Å². The van der Waals surface area contributed by atoms with Crippen LogP contribution in [0.2, 0.25) is 0 Å². The third-order valence-corrected chi connectivity index (χ3v) is 4.47. The van der Waals surface area contributed by atoms with Gasteiger partial charge in [-0.1, -0.05) is 36.3 Å². The lowest BCUT2D eigenvalue weighted by molar-refractivity contribution is -0.152.